The topological polar surface area (TPSA) is 118 Å². The van der Waals surface area contributed by atoms with Crippen molar-refractivity contribution in [3.05, 3.63) is 5.89 Å². The Kier molecular flexibility index (Phi) is 5.62. The fourth-order valence-corrected chi connectivity index (χ4v) is 3.87. The molecule has 7 atom stereocenters. The molecule has 8 nitrogen and oxygen atoms in total. The maximum absolute atomic E-state index is 10.0. The first-order valence-corrected chi connectivity index (χ1v) is 9.03. The highest BCUT2D eigenvalue weighted by molar-refractivity contribution is 5.01. The van der Waals surface area contributed by atoms with Gasteiger partial charge in [-0.05, 0) is 30.6 Å². The summed E-state index contributed by atoms with van der Waals surface area (Å²) in [6, 6.07) is 0. The monoisotopic (exact) mass is 356 g/mol. The van der Waals surface area contributed by atoms with Crippen molar-refractivity contribution in [1.82, 2.24) is 10.2 Å². The van der Waals surface area contributed by atoms with Crippen molar-refractivity contribution >= 4 is 0 Å². The Morgan fingerprint density at radius 1 is 1.20 bits per heavy atom. The number of ether oxygens (including phenoxy) is 2. The average Bonchev–Trinajstić information content (AvgIpc) is 3.13. The van der Waals surface area contributed by atoms with Gasteiger partial charge >= 0.3 is 6.08 Å². The molecule has 8 heteroatoms. The second kappa shape index (κ2) is 7.57. The highest BCUT2D eigenvalue weighted by atomic mass is 16.6. The Morgan fingerprint density at radius 3 is 2.60 bits per heavy atom. The molecule has 2 fully saturated rings. The van der Waals surface area contributed by atoms with Gasteiger partial charge in [-0.1, -0.05) is 32.3 Å². The largest absolute Gasteiger partial charge is 0.445 e. The molecular weight excluding hydrogens is 328 g/mol. The van der Waals surface area contributed by atoms with Gasteiger partial charge in [0.05, 0.1) is 6.61 Å². The molecule has 1 saturated carbocycles. The first-order chi connectivity index (χ1) is 11.9. The van der Waals surface area contributed by atoms with Crippen molar-refractivity contribution in [2.45, 2.75) is 70.6 Å². The van der Waals surface area contributed by atoms with E-state index in [1.165, 1.54) is 6.42 Å². The lowest BCUT2D eigenvalue weighted by atomic mass is 9.75. The van der Waals surface area contributed by atoms with Gasteiger partial charge in [-0.25, -0.2) is 0 Å². The number of hydrogen-bond acceptors (Lipinski definition) is 8. The molecule has 3 rings (SSSR count). The summed E-state index contributed by atoms with van der Waals surface area (Å²) in [4.78, 5) is 0. The third kappa shape index (κ3) is 3.81. The van der Waals surface area contributed by atoms with E-state index < -0.39 is 31.0 Å². The predicted octanol–water partition coefficient (Wildman–Crippen LogP) is 1.06. The van der Waals surface area contributed by atoms with Crippen LogP contribution in [0.25, 0.3) is 0 Å². The van der Waals surface area contributed by atoms with Crippen LogP contribution >= 0.6 is 0 Å². The van der Waals surface area contributed by atoms with E-state index in [-0.39, 0.29) is 18.1 Å². The Morgan fingerprint density at radius 2 is 1.96 bits per heavy atom. The molecule has 0 spiro atoms. The molecule has 25 heavy (non-hydrogen) atoms. The van der Waals surface area contributed by atoms with Crippen LogP contribution in [0, 0.1) is 17.8 Å². The lowest BCUT2D eigenvalue weighted by Gasteiger charge is -2.36. The van der Waals surface area contributed by atoms with Crippen LogP contribution in [0.2, 0.25) is 0 Å². The lowest BCUT2D eigenvalue weighted by Crippen LogP contribution is -2.36. The molecule has 0 amide bonds. The van der Waals surface area contributed by atoms with Crippen LogP contribution in [0.15, 0.2) is 4.42 Å². The standard InChI is InChI=1S/C17H28N2O6/c1-8(2)10-5-4-9(3)6-11(10)24-17-19-18-16(25-17)15-14(22)13(21)12(7-20)23-15/h8-15,20-22H,4-7H2,1-3H3/t9?,10?,11?,12-,13-,14-,15-/m1/s1. The van der Waals surface area contributed by atoms with Crippen LogP contribution < -0.4 is 4.74 Å². The van der Waals surface area contributed by atoms with Crippen molar-refractivity contribution in [3.63, 3.8) is 0 Å². The van der Waals surface area contributed by atoms with E-state index in [2.05, 4.69) is 31.0 Å². The van der Waals surface area contributed by atoms with Gasteiger partial charge in [0.1, 0.15) is 24.4 Å². The number of aliphatic hydroxyl groups excluding tert-OH is 3. The molecule has 0 radical (unpaired) electrons. The molecule has 1 aliphatic carbocycles. The summed E-state index contributed by atoms with van der Waals surface area (Å²) >= 11 is 0. The van der Waals surface area contributed by atoms with Gasteiger partial charge in [0.25, 0.3) is 5.89 Å². The van der Waals surface area contributed by atoms with Gasteiger partial charge in [-0.15, -0.1) is 5.10 Å². The summed E-state index contributed by atoms with van der Waals surface area (Å²) in [5.74, 6) is 1.56. The second-order valence-electron chi connectivity index (χ2n) is 7.65. The van der Waals surface area contributed by atoms with Crippen LogP contribution in [0.1, 0.15) is 52.0 Å². The fraction of sp³-hybridized carbons (Fsp3) is 0.882. The molecule has 1 aliphatic heterocycles. The molecule has 3 unspecified atom stereocenters. The summed E-state index contributed by atoms with van der Waals surface area (Å²) in [5.41, 5.74) is 0. The number of aliphatic hydroxyl groups is 3. The van der Waals surface area contributed by atoms with Gasteiger partial charge in [-0.3, -0.25) is 0 Å². The zero-order chi connectivity index (χ0) is 18.1. The maximum Gasteiger partial charge on any atom is 0.415 e. The van der Waals surface area contributed by atoms with Crippen molar-refractivity contribution in [1.29, 1.82) is 0 Å². The first kappa shape index (κ1) is 18.6. The Bertz CT molecular complexity index is 565. The summed E-state index contributed by atoms with van der Waals surface area (Å²) in [6.45, 7) is 6.19. The summed E-state index contributed by atoms with van der Waals surface area (Å²) < 4.78 is 16.9. The predicted molar refractivity (Wildman–Crippen MR) is 86.8 cm³/mol. The fourth-order valence-electron chi connectivity index (χ4n) is 3.87. The molecule has 0 bridgehead atoms. The molecule has 0 aromatic carbocycles. The van der Waals surface area contributed by atoms with E-state index >= 15 is 0 Å². The maximum atomic E-state index is 10.0. The number of rotatable bonds is 5. The van der Waals surface area contributed by atoms with E-state index in [9.17, 15) is 10.2 Å². The smallest absolute Gasteiger partial charge is 0.415 e. The van der Waals surface area contributed by atoms with Gasteiger partial charge in [0.2, 0.25) is 0 Å². The molecule has 142 valence electrons. The minimum absolute atomic E-state index is 0.0160. The highest BCUT2D eigenvalue weighted by Crippen LogP contribution is 2.37. The number of aromatic nitrogens is 2. The van der Waals surface area contributed by atoms with Gasteiger partial charge in [0.15, 0.2) is 6.10 Å². The molecule has 3 N–H and O–H groups in total. The summed E-state index contributed by atoms with van der Waals surface area (Å²) in [7, 11) is 0. The van der Waals surface area contributed by atoms with E-state index in [4.69, 9.17) is 19.0 Å². The van der Waals surface area contributed by atoms with E-state index in [1.54, 1.807) is 0 Å². The second-order valence-corrected chi connectivity index (χ2v) is 7.65. The van der Waals surface area contributed by atoms with E-state index in [0.717, 1.165) is 12.8 Å². The van der Waals surface area contributed by atoms with Crippen LogP contribution in [0.4, 0.5) is 0 Å². The molecule has 2 heterocycles. The summed E-state index contributed by atoms with van der Waals surface area (Å²) in [6.07, 6.45) is -0.961. The Hall–Kier alpha value is -1.22. The molecular formula is C17H28N2O6. The third-order valence-electron chi connectivity index (χ3n) is 5.42. The Balaban J connectivity index is 1.69. The summed E-state index contributed by atoms with van der Waals surface area (Å²) in [5, 5.41) is 36.8. The Labute approximate surface area is 147 Å². The van der Waals surface area contributed by atoms with Crippen molar-refractivity contribution in [2.24, 2.45) is 17.8 Å². The van der Waals surface area contributed by atoms with Crippen molar-refractivity contribution < 1.29 is 29.2 Å². The van der Waals surface area contributed by atoms with Gasteiger partial charge < -0.3 is 29.2 Å². The van der Waals surface area contributed by atoms with Gasteiger partial charge in [0, 0.05) is 0 Å². The van der Waals surface area contributed by atoms with Crippen molar-refractivity contribution in [3.8, 4) is 6.08 Å². The zero-order valence-corrected chi connectivity index (χ0v) is 14.9. The lowest BCUT2D eigenvalue weighted by molar-refractivity contribution is -0.0335. The number of hydrogen-bond donors (Lipinski definition) is 3. The molecule has 1 aromatic heterocycles. The quantitative estimate of drug-likeness (QED) is 0.717. The van der Waals surface area contributed by atoms with E-state index in [0.29, 0.717) is 17.8 Å². The average molecular weight is 356 g/mol. The molecule has 1 saturated heterocycles. The van der Waals surface area contributed by atoms with Crippen LogP contribution in [-0.2, 0) is 4.74 Å². The minimum atomic E-state index is -1.23. The third-order valence-corrected chi connectivity index (χ3v) is 5.42. The zero-order valence-electron chi connectivity index (χ0n) is 14.9. The van der Waals surface area contributed by atoms with Crippen LogP contribution in [0.5, 0.6) is 6.08 Å². The number of nitrogens with zero attached hydrogens (tertiary/aromatic N) is 2. The highest BCUT2D eigenvalue weighted by Gasteiger charge is 2.46. The van der Waals surface area contributed by atoms with Crippen molar-refractivity contribution in [2.75, 3.05) is 6.61 Å². The minimum Gasteiger partial charge on any atom is -0.445 e. The normalized spacial score (nSPS) is 39.1. The molecule has 1 aromatic rings. The molecule has 2 aliphatic rings. The van der Waals surface area contributed by atoms with Crippen LogP contribution in [0.3, 0.4) is 0 Å². The van der Waals surface area contributed by atoms with Crippen LogP contribution in [-0.4, -0.2) is 56.5 Å². The SMILES string of the molecule is CC1CCC(C(C)C)C(Oc2nnc([C@@H]3O[C@H](CO)[C@@H](O)[C@H]3O)o2)C1. The first-order valence-electron chi connectivity index (χ1n) is 9.03. The van der Waals surface area contributed by atoms with Gasteiger partial charge in [-0.2, -0.15) is 0 Å². The van der Waals surface area contributed by atoms with E-state index in [1.807, 2.05) is 0 Å².